The first-order chi connectivity index (χ1) is 15.0. The second kappa shape index (κ2) is 11.4. The number of ether oxygens (including phenoxy) is 3. The molecule has 1 N–H and O–H groups in total. The normalized spacial score (nSPS) is 14.7. The van der Waals surface area contributed by atoms with E-state index in [0.29, 0.717) is 41.4 Å². The zero-order valence-electron chi connectivity index (χ0n) is 17.7. The Kier molecular flexibility index (Phi) is 8.93. The maximum atomic E-state index is 11.8. The van der Waals surface area contributed by atoms with Crippen molar-refractivity contribution >= 4 is 40.9 Å². The zero-order chi connectivity index (χ0) is 22.3. The van der Waals surface area contributed by atoms with Gasteiger partial charge in [-0.3, -0.25) is 9.52 Å². The molecule has 0 aliphatic carbocycles. The Hall–Kier alpha value is -1.44. The highest BCUT2D eigenvalue weighted by Gasteiger charge is 2.42. The first kappa shape index (κ1) is 24.2. The molecule has 1 aliphatic heterocycles. The van der Waals surface area contributed by atoms with Gasteiger partial charge in [0.25, 0.3) is 0 Å². The Morgan fingerprint density at radius 2 is 1.81 bits per heavy atom. The van der Waals surface area contributed by atoms with Gasteiger partial charge < -0.3 is 14.2 Å². The monoisotopic (exact) mass is 483 g/mol. The molecule has 0 unspecified atom stereocenters. The SMILES string of the molecule is CCCCOc1c(Cl)cc(C2(c3ccc(OCC(=O)CNSC)cc3)COC2)cc1Cl. The van der Waals surface area contributed by atoms with E-state index in [9.17, 15) is 4.79 Å². The number of hydrogen-bond acceptors (Lipinski definition) is 6. The second-order valence-corrected chi connectivity index (χ2v) is 8.93. The van der Waals surface area contributed by atoms with Crippen molar-refractivity contribution in [2.24, 2.45) is 0 Å². The Morgan fingerprint density at radius 3 is 2.35 bits per heavy atom. The molecule has 2 aromatic rings. The summed E-state index contributed by atoms with van der Waals surface area (Å²) in [6.45, 7) is 4.07. The molecule has 0 amide bonds. The number of carbonyl (C=O) groups excluding carboxylic acids is 1. The molecule has 2 aromatic carbocycles. The molecule has 0 atom stereocenters. The van der Waals surface area contributed by atoms with Gasteiger partial charge in [-0.1, -0.05) is 60.6 Å². The highest BCUT2D eigenvalue weighted by atomic mass is 35.5. The lowest BCUT2D eigenvalue weighted by molar-refractivity contribution is -0.119. The molecule has 0 radical (unpaired) electrons. The van der Waals surface area contributed by atoms with Crippen molar-refractivity contribution in [3.8, 4) is 11.5 Å². The number of Topliss-reactive ketones (excluding diaryl/α,β-unsaturated/α-hetero) is 1. The first-order valence-electron chi connectivity index (χ1n) is 10.2. The Labute approximate surface area is 197 Å². The van der Waals surface area contributed by atoms with Crippen LogP contribution in [0.5, 0.6) is 11.5 Å². The summed E-state index contributed by atoms with van der Waals surface area (Å²) in [6, 6.07) is 11.6. The molecular weight excluding hydrogens is 457 g/mol. The zero-order valence-corrected chi connectivity index (χ0v) is 20.0. The molecule has 0 bridgehead atoms. The molecule has 1 aliphatic rings. The Bertz CT molecular complexity index is 865. The molecule has 31 heavy (non-hydrogen) atoms. The van der Waals surface area contributed by atoms with Gasteiger partial charge in [-0.15, -0.1) is 0 Å². The van der Waals surface area contributed by atoms with E-state index in [1.165, 1.54) is 11.9 Å². The van der Waals surface area contributed by atoms with Crippen LogP contribution in [0.1, 0.15) is 30.9 Å². The van der Waals surface area contributed by atoms with Crippen LogP contribution < -0.4 is 14.2 Å². The first-order valence-corrected chi connectivity index (χ1v) is 12.2. The van der Waals surface area contributed by atoms with E-state index in [2.05, 4.69) is 11.6 Å². The van der Waals surface area contributed by atoms with Crippen molar-refractivity contribution in [3.63, 3.8) is 0 Å². The van der Waals surface area contributed by atoms with Crippen LogP contribution in [0.4, 0.5) is 0 Å². The smallest absolute Gasteiger partial charge is 0.184 e. The fourth-order valence-corrected chi connectivity index (χ4v) is 4.24. The topological polar surface area (TPSA) is 56.8 Å². The minimum Gasteiger partial charge on any atom is -0.490 e. The Balaban J connectivity index is 1.74. The number of rotatable bonds is 12. The maximum Gasteiger partial charge on any atom is 0.184 e. The second-order valence-electron chi connectivity index (χ2n) is 7.42. The highest BCUT2D eigenvalue weighted by molar-refractivity contribution is 7.96. The van der Waals surface area contributed by atoms with Crippen molar-refractivity contribution in [1.29, 1.82) is 0 Å². The van der Waals surface area contributed by atoms with Gasteiger partial charge in [0.2, 0.25) is 0 Å². The van der Waals surface area contributed by atoms with Gasteiger partial charge in [0, 0.05) is 0 Å². The van der Waals surface area contributed by atoms with Gasteiger partial charge >= 0.3 is 0 Å². The summed E-state index contributed by atoms with van der Waals surface area (Å²) < 4.78 is 19.9. The van der Waals surface area contributed by atoms with E-state index >= 15 is 0 Å². The van der Waals surface area contributed by atoms with E-state index in [1.807, 2.05) is 42.7 Å². The molecule has 0 aromatic heterocycles. The van der Waals surface area contributed by atoms with Crippen molar-refractivity contribution in [1.82, 2.24) is 4.72 Å². The van der Waals surface area contributed by atoms with Gasteiger partial charge in [0.15, 0.2) is 11.5 Å². The van der Waals surface area contributed by atoms with Gasteiger partial charge in [-0.05, 0) is 48.1 Å². The van der Waals surface area contributed by atoms with Crippen LogP contribution in [-0.2, 0) is 14.9 Å². The van der Waals surface area contributed by atoms with Crippen molar-refractivity contribution in [2.45, 2.75) is 25.2 Å². The number of ketones is 1. The third-order valence-electron chi connectivity index (χ3n) is 5.21. The fraction of sp³-hybridized carbons (Fsp3) is 0.435. The highest BCUT2D eigenvalue weighted by Crippen LogP contribution is 2.44. The molecule has 168 valence electrons. The van der Waals surface area contributed by atoms with Crippen LogP contribution in [0.3, 0.4) is 0 Å². The number of unbranched alkanes of at least 4 members (excludes halogenated alkanes) is 1. The van der Waals surface area contributed by atoms with Gasteiger partial charge in [0.05, 0.1) is 41.8 Å². The van der Waals surface area contributed by atoms with Crippen molar-refractivity contribution in [2.75, 3.05) is 39.2 Å². The predicted octanol–water partition coefficient (Wildman–Crippen LogP) is 5.30. The summed E-state index contributed by atoms with van der Waals surface area (Å²) in [6.07, 6.45) is 3.86. The summed E-state index contributed by atoms with van der Waals surface area (Å²) in [7, 11) is 0. The van der Waals surface area contributed by atoms with Crippen LogP contribution >= 0.6 is 35.1 Å². The summed E-state index contributed by atoms with van der Waals surface area (Å²) in [5, 5.41) is 1.00. The summed E-state index contributed by atoms with van der Waals surface area (Å²) >= 11 is 14.4. The minimum absolute atomic E-state index is 0.00665. The number of carbonyl (C=O) groups is 1. The largest absolute Gasteiger partial charge is 0.490 e. The molecule has 1 heterocycles. The van der Waals surface area contributed by atoms with Gasteiger partial charge in [-0.2, -0.15) is 0 Å². The summed E-state index contributed by atoms with van der Waals surface area (Å²) in [4.78, 5) is 11.8. The number of hydrogen-bond donors (Lipinski definition) is 1. The van der Waals surface area contributed by atoms with Crippen LogP contribution in [0, 0.1) is 0 Å². The quantitative estimate of drug-likeness (QED) is 0.326. The number of nitrogens with one attached hydrogen (secondary N) is 1. The molecular formula is C23H27Cl2NO4S. The van der Waals surface area contributed by atoms with E-state index in [1.54, 1.807) is 0 Å². The van der Waals surface area contributed by atoms with Crippen molar-refractivity contribution in [3.05, 3.63) is 57.6 Å². The van der Waals surface area contributed by atoms with Gasteiger partial charge in [-0.25, -0.2) is 0 Å². The average Bonchev–Trinajstić information content (AvgIpc) is 2.73. The molecule has 0 spiro atoms. The standard InChI is InChI=1S/C23H27Cl2NO4S/c1-3-4-9-29-22-20(24)10-17(11-21(22)25)23(14-28-15-23)16-5-7-19(8-6-16)30-13-18(27)12-26-31-2/h5-8,10-11,26H,3-4,9,12-15H2,1-2H3. The lowest BCUT2D eigenvalue weighted by Crippen LogP contribution is -2.47. The lowest BCUT2D eigenvalue weighted by Gasteiger charge is -2.42. The van der Waals surface area contributed by atoms with Crippen LogP contribution in [0.2, 0.25) is 10.0 Å². The third kappa shape index (κ3) is 5.88. The molecule has 0 saturated carbocycles. The molecule has 5 nitrogen and oxygen atoms in total. The van der Waals surface area contributed by atoms with Crippen LogP contribution in [0.25, 0.3) is 0 Å². The van der Waals surface area contributed by atoms with Gasteiger partial charge in [0.1, 0.15) is 12.4 Å². The number of benzene rings is 2. The predicted molar refractivity (Wildman–Crippen MR) is 127 cm³/mol. The van der Waals surface area contributed by atoms with E-state index in [4.69, 9.17) is 37.4 Å². The summed E-state index contributed by atoms with van der Waals surface area (Å²) in [5.41, 5.74) is 1.74. The number of halogens is 2. The van der Waals surface area contributed by atoms with E-state index < -0.39 is 0 Å². The van der Waals surface area contributed by atoms with E-state index in [-0.39, 0.29) is 24.3 Å². The molecule has 1 saturated heterocycles. The lowest BCUT2D eigenvalue weighted by atomic mass is 9.73. The Morgan fingerprint density at radius 1 is 1.13 bits per heavy atom. The minimum atomic E-state index is -0.328. The third-order valence-corrected chi connectivity index (χ3v) is 6.21. The summed E-state index contributed by atoms with van der Waals surface area (Å²) in [5.74, 6) is 1.17. The fourth-order valence-electron chi connectivity index (χ4n) is 3.34. The molecule has 8 heteroatoms. The van der Waals surface area contributed by atoms with E-state index in [0.717, 1.165) is 24.0 Å². The van der Waals surface area contributed by atoms with Crippen molar-refractivity contribution < 1.29 is 19.0 Å². The maximum absolute atomic E-state index is 11.8. The van der Waals surface area contributed by atoms with Crippen LogP contribution in [0.15, 0.2) is 36.4 Å². The van der Waals surface area contributed by atoms with Crippen LogP contribution in [-0.4, -0.2) is 45.0 Å². The average molecular weight is 484 g/mol. The molecule has 3 rings (SSSR count). The molecule has 1 fully saturated rings.